The number of ether oxygens (including phenoxy) is 1. The van der Waals surface area contributed by atoms with E-state index in [1.165, 1.54) is 19.2 Å². The van der Waals surface area contributed by atoms with Crippen LogP contribution in [0.15, 0.2) is 35.2 Å². The lowest BCUT2D eigenvalue weighted by molar-refractivity contribution is -0.142. The van der Waals surface area contributed by atoms with E-state index in [0.717, 1.165) is 23.9 Å². The summed E-state index contributed by atoms with van der Waals surface area (Å²) in [4.78, 5) is 25.5. The number of halogens is 3. The third kappa shape index (κ3) is 5.94. The van der Waals surface area contributed by atoms with Gasteiger partial charge in [0.25, 0.3) is 5.91 Å². The van der Waals surface area contributed by atoms with Crippen LogP contribution in [0, 0.1) is 0 Å². The number of amides is 1. The molecule has 1 aliphatic rings. The molecule has 2 N–H and O–H groups in total. The van der Waals surface area contributed by atoms with Gasteiger partial charge in [-0.3, -0.25) is 4.79 Å². The minimum atomic E-state index is -3.42. The maximum Gasteiger partial charge on any atom is 0.328 e. The van der Waals surface area contributed by atoms with E-state index in [0.29, 0.717) is 18.5 Å². The third-order valence-electron chi connectivity index (χ3n) is 5.06. The standard InChI is InChI=1S/C21H22Cl2N2O5S.ClH/c1-30-21(27)17(9-12-4-3-5-14(8-12)31(2,28)29)25-20(26)18-16(22)10-13-11-24-7-6-15(13)19(18)23;/h3-5,8,10,17,24H,6-7,9,11H2,1-2H3,(H,25,26);1H/t17-;/m0./s1. The van der Waals surface area contributed by atoms with Crippen LogP contribution in [-0.4, -0.2) is 46.2 Å². The quantitative estimate of drug-likeness (QED) is 0.567. The van der Waals surface area contributed by atoms with Crippen molar-refractivity contribution in [2.45, 2.75) is 30.3 Å². The van der Waals surface area contributed by atoms with Gasteiger partial charge in [-0.15, -0.1) is 12.4 Å². The van der Waals surface area contributed by atoms with Gasteiger partial charge >= 0.3 is 5.97 Å². The van der Waals surface area contributed by atoms with Crippen molar-refractivity contribution in [3.05, 3.63) is 62.6 Å². The molecular weight excluding hydrogens is 499 g/mol. The van der Waals surface area contributed by atoms with Gasteiger partial charge in [0.15, 0.2) is 9.84 Å². The first kappa shape index (κ1) is 26.4. The summed E-state index contributed by atoms with van der Waals surface area (Å²) in [5.41, 5.74) is 2.43. The van der Waals surface area contributed by atoms with Gasteiger partial charge in [-0.25, -0.2) is 13.2 Å². The summed E-state index contributed by atoms with van der Waals surface area (Å²) in [6, 6.07) is 6.81. The maximum absolute atomic E-state index is 13.0. The van der Waals surface area contributed by atoms with E-state index in [2.05, 4.69) is 10.6 Å². The molecule has 0 aromatic heterocycles. The topological polar surface area (TPSA) is 102 Å². The summed E-state index contributed by atoms with van der Waals surface area (Å²) in [5.74, 6) is -1.28. The molecule has 32 heavy (non-hydrogen) atoms. The molecule has 0 saturated heterocycles. The fourth-order valence-corrected chi connectivity index (χ4v) is 4.94. The average Bonchev–Trinajstić information content (AvgIpc) is 2.72. The Bertz CT molecular complexity index is 1140. The number of hydrogen-bond donors (Lipinski definition) is 2. The average molecular weight is 522 g/mol. The minimum Gasteiger partial charge on any atom is -0.467 e. The summed E-state index contributed by atoms with van der Waals surface area (Å²) in [6.07, 6.45) is 1.79. The molecule has 0 unspecified atom stereocenters. The van der Waals surface area contributed by atoms with E-state index >= 15 is 0 Å². The molecule has 0 bridgehead atoms. The van der Waals surface area contributed by atoms with Crippen LogP contribution in [0.1, 0.15) is 27.0 Å². The number of carbonyl (C=O) groups is 2. The van der Waals surface area contributed by atoms with Crippen molar-refractivity contribution < 1.29 is 22.7 Å². The molecule has 3 rings (SSSR count). The summed E-state index contributed by atoms with van der Waals surface area (Å²) >= 11 is 12.8. The van der Waals surface area contributed by atoms with Gasteiger partial charge in [-0.1, -0.05) is 35.3 Å². The number of benzene rings is 2. The zero-order chi connectivity index (χ0) is 22.8. The van der Waals surface area contributed by atoms with Crippen LogP contribution in [-0.2, 0) is 38.8 Å². The number of rotatable bonds is 6. The van der Waals surface area contributed by atoms with Gasteiger partial charge in [0.1, 0.15) is 6.04 Å². The van der Waals surface area contributed by atoms with E-state index < -0.39 is 27.8 Å². The summed E-state index contributed by atoms with van der Waals surface area (Å²) in [5, 5.41) is 6.31. The van der Waals surface area contributed by atoms with Crippen molar-refractivity contribution in [1.82, 2.24) is 10.6 Å². The molecule has 7 nitrogen and oxygen atoms in total. The molecule has 0 fully saturated rings. The normalized spacial score (nSPS) is 14.0. The van der Waals surface area contributed by atoms with Gasteiger partial charge in [0, 0.05) is 19.2 Å². The Kier molecular flexibility index (Phi) is 8.96. The molecule has 1 amide bonds. The Morgan fingerprint density at radius 2 is 1.97 bits per heavy atom. The maximum atomic E-state index is 13.0. The first-order valence-corrected chi connectivity index (χ1v) is 12.1. The molecule has 0 aliphatic carbocycles. The summed E-state index contributed by atoms with van der Waals surface area (Å²) in [7, 11) is -2.21. The first-order chi connectivity index (χ1) is 14.6. The van der Waals surface area contributed by atoms with Crippen LogP contribution < -0.4 is 10.6 Å². The van der Waals surface area contributed by atoms with E-state index in [9.17, 15) is 18.0 Å². The van der Waals surface area contributed by atoms with Crippen LogP contribution in [0.3, 0.4) is 0 Å². The van der Waals surface area contributed by atoms with Crippen molar-refractivity contribution in [1.29, 1.82) is 0 Å². The third-order valence-corrected chi connectivity index (χ3v) is 6.89. The van der Waals surface area contributed by atoms with Crippen LogP contribution in [0.2, 0.25) is 10.0 Å². The van der Waals surface area contributed by atoms with Gasteiger partial charge in [0.05, 0.1) is 27.6 Å². The van der Waals surface area contributed by atoms with Crippen molar-refractivity contribution in [3.8, 4) is 0 Å². The molecule has 11 heteroatoms. The molecule has 1 atom stereocenters. The highest BCUT2D eigenvalue weighted by molar-refractivity contribution is 7.90. The van der Waals surface area contributed by atoms with Crippen LogP contribution >= 0.6 is 35.6 Å². The lowest BCUT2D eigenvalue weighted by Gasteiger charge is -2.22. The highest BCUT2D eigenvalue weighted by Crippen LogP contribution is 2.33. The van der Waals surface area contributed by atoms with Crippen molar-refractivity contribution in [3.63, 3.8) is 0 Å². The lowest BCUT2D eigenvalue weighted by Crippen LogP contribution is -2.43. The second-order valence-electron chi connectivity index (χ2n) is 7.28. The Hall–Kier alpha value is -1.84. The zero-order valence-electron chi connectivity index (χ0n) is 17.4. The van der Waals surface area contributed by atoms with Crippen molar-refractivity contribution in [2.75, 3.05) is 19.9 Å². The fraction of sp³-hybridized carbons (Fsp3) is 0.333. The Morgan fingerprint density at radius 3 is 2.62 bits per heavy atom. The van der Waals surface area contributed by atoms with E-state index in [1.807, 2.05) is 0 Å². The zero-order valence-corrected chi connectivity index (χ0v) is 20.6. The number of methoxy groups -OCH3 is 1. The molecule has 174 valence electrons. The SMILES string of the molecule is COC(=O)[C@H](Cc1cccc(S(C)(=O)=O)c1)NC(=O)c1c(Cl)cc2c(c1Cl)CCNC2.Cl. The monoisotopic (exact) mass is 520 g/mol. The number of sulfone groups is 1. The van der Waals surface area contributed by atoms with Crippen LogP contribution in [0.4, 0.5) is 0 Å². The smallest absolute Gasteiger partial charge is 0.328 e. The number of fused-ring (bicyclic) bond motifs is 1. The van der Waals surface area contributed by atoms with Crippen LogP contribution in [0.25, 0.3) is 0 Å². The molecule has 2 aromatic rings. The fourth-order valence-electron chi connectivity index (χ4n) is 3.49. The number of nitrogens with one attached hydrogen (secondary N) is 2. The predicted octanol–water partition coefficient (Wildman–Crippen LogP) is 2.98. The molecule has 0 spiro atoms. The predicted molar refractivity (Wildman–Crippen MR) is 126 cm³/mol. The van der Waals surface area contributed by atoms with Gasteiger partial charge < -0.3 is 15.4 Å². The highest BCUT2D eigenvalue weighted by Gasteiger charge is 2.27. The Balaban J connectivity index is 0.00000363. The Morgan fingerprint density at radius 1 is 1.25 bits per heavy atom. The molecule has 1 heterocycles. The molecule has 0 radical (unpaired) electrons. The minimum absolute atomic E-state index is 0. The van der Waals surface area contributed by atoms with E-state index in [1.54, 1.807) is 18.2 Å². The van der Waals surface area contributed by atoms with Gasteiger partial charge in [0.2, 0.25) is 0 Å². The molecule has 0 saturated carbocycles. The second-order valence-corrected chi connectivity index (χ2v) is 10.1. The lowest BCUT2D eigenvalue weighted by atomic mass is 9.97. The highest BCUT2D eigenvalue weighted by atomic mass is 35.5. The van der Waals surface area contributed by atoms with Gasteiger partial charge in [-0.2, -0.15) is 0 Å². The first-order valence-electron chi connectivity index (χ1n) is 9.50. The van der Waals surface area contributed by atoms with Crippen LogP contribution in [0.5, 0.6) is 0 Å². The van der Waals surface area contributed by atoms with Crippen molar-refractivity contribution >= 4 is 57.3 Å². The molecular formula is C21H23Cl3N2O5S. The van der Waals surface area contributed by atoms with Crippen molar-refractivity contribution in [2.24, 2.45) is 0 Å². The number of hydrogen-bond acceptors (Lipinski definition) is 6. The molecule has 1 aliphatic heterocycles. The van der Waals surface area contributed by atoms with E-state index in [4.69, 9.17) is 27.9 Å². The molecule has 2 aromatic carbocycles. The summed E-state index contributed by atoms with van der Waals surface area (Å²) in [6.45, 7) is 1.34. The van der Waals surface area contributed by atoms with E-state index in [-0.39, 0.29) is 39.3 Å². The second kappa shape index (κ2) is 10.9. The Labute approximate surface area is 203 Å². The number of esters is 1. The van der Waals surface area contributed by atoms with Gasteiger partial charge in [-0.05, 0) is 47.9 Å². The number of carbonyl (C=O) groups excluding carboxylic acids is 2. The largest absolute Gasteiger partial charge is 0.467 e. The summed E-state index contributed by atoms with van der Waals surface area (Å²) < 4.78 is 28.5.